The van der Waals surface area contributed by atoms with Crippen LogP contribution in [0, 0.1) is 0 Å². The molecule has 6 nitrogen and oxygen atoms in total. The second-order valence-electron chi connectivity index (χ2n) is 5.26. The van der Waals surface area contributed by atoms with Crippen LogP contribution in [0.2, 0.25) is 0 Å². The van der Waals surface area contributed by atoms with Gasteiger partial charge in [-0.05, 0) is 30.3 Å². The first kappa shape index (κ1) is 19.8. The molecule has 0 spiro atoms. The third kappa shape index (κ3) is 5.23. The van der Waals surface area contributed by atoms with Gasteiger partial charge in [-0.15, -0.1) is 11.8 Å². The van der Waals surface area contributed by atoms with Gasteiger partial charge in [-0.25, -0.2) is 0 Å². The molecule has 0 radical (unpaired) electrons. The Labute approximate surface area is 157 Å². The van der Waals surface area contributed by atoms with Gasteiger partial charge in [-0.1, -0.05) is 0 Å². The van der Waals surface area contributed by atoms with Gasteiger partial charge in [0, 0.05) is 23.1 Å². The third-order valence-corrected chi connectivity index (χ3v) is 4.70. The molecule has 2 aromatic rings. The lowest BCUT2D eigenvalue weighted by Crippen LogP contribution is -2.24. The Hall–Kier alpha value is -2.54. The summed E-state index contributed by atoms with van der Waals surface area (Å²) >= 11 is 1.46. The minimum atomic E-state index is -0.0670. The Bertz CT molecular complexity index is 733. The van der Waals surface area contributed by atoms with Crippen molar-refractivity contribution in [1.29, 1.82) is 0 Å². The maximum absolute atomic E-state index is 12.1. The number of ether oxygens (including phenoxy) is 4. The van der Waals surface area contributed by atoms with E-state index in [1.54, 1.807) is 40.6 Å². The number of carbonyl (C=O) groups is 1. The van der Waals surface area contributed by atoms with Crippen LogP contribution in [0.5, 0.6) is 23.0 Å². The zero-order valence-electron chi connectivity index (χ0n) is 15.3. The van der Waals surface area contributed by atoms with E-state index >= 15 is 0 Å². The maximum Gasteiger partial charge on any atom is 0.230 e. The zero-order valence-corrected chi connectivity index (χ0v) is 16.1. The monoisotopic (exact) mass is 377 g/mol. The van der Waals surface area contributed by atoms with Crippen LogP contribution >= 0.6 is 11.8 Å². The van der Waals surface area contributed by atoms with Crippen molar-refractivity contribution in [2.45, 2.75) is 11.4 Å². The Morgan fingerprint density at radius 2 is 1.50 bits per heavy atom. The number of carbonyl (C=O) groups excluding carboxylic acids is 1. The molecular weight excluding hydrogens is 354 g/mol. The van der Waals surface area contributed by atoms with Crippen molar-refractivity contribution >= 4 is 17.7 Å². The number of amides is 1. The Balaban J connectivity index is 1.93. The van der Waals surface area contributed by atoms with Crippen molar-refractivity contribution < 1.29 is 23.7 Å². The minimum Gasteiger partial charge on any atom is -0.497 e. The van der Waals surface area contributed by atoms with Crippen LogP contribution in [0.3, 0.4) is 0 Å². The highest BCUT2D eigenvalue weighted by atomic mass is 32.2. The van der Waals surface area contributed by atoms with E-state index in [1.165, 1.54) is 11.8 Å². The number of nitrogens with one attached hydrogen (secondary N) is 1. The number of hydrogen-bond acceptors (Lipinski definition) is 6. The standard InChI is InChI=1S/C19H23NO5S/c1-22-14-5-7-15(8-6-14)26-12-19(21)20-11-13-9-17(24-3)18(25-4)10-16(13)23-2/h5-10H,11-12H2,1-4H3,(H,20,21). The van der Waals surface area contributed by atoms with Gasteiger partial charge in [0.15, 0.2) is 11.5 Å². The van der Waals surface area contributed by atoms with Gasteiger partial charge in [0.25, 0.3) is 0 Å². The number of thioether (sulfide) groups is 1. The Morgan fingerprint density at radius 1 is 0.885 bits per heavy atom. The predicted molar refractivity (Wildman–Crippen MR) is 102 cm³/mol. The molecule has 0 bridgehead atoms. The van der Waals surface area contributed by atoms with Gasteiger partial charge in [-0.3, -0.25) is 4.79 Å². The molecule has 0 saturated heterocycles. The lowest BCUT2D eigenvalue weighted by atomic mass is 10.1. The number of benzene rings is 2. The van der Waals surface area contributed by atoms with Crippen LogP contribution in [0.15, 0.2) is 41.3 Å². The summed E-state index contributed by atoms with van der Waals surface area (Å²) in [6.07, 6.45) is 0. The van der Waals surface area contributed by atoms with E-state index in [4.69, 9.17) is 18.9 Å². The molecule has 0 saturated carbocycles. The van der Waals surface area contributed by atoms with Gasteiger partial charge in [-0.2, -0.15) is 0 Å². The quantitative estimate of drug-likeness (QED) is 0.678. The van der Waals surface area contributed by atoms with Crippen LogP contribution in [-0.4, -0.2) is 40.1 Å². The topological polar surface area (TPSA) is 66.0 Å². The van der Waals surface area contributed by atoms with E-state index < -0.39 is 0 Å². The van der Waals surface area contributed by atoms with Gasteiger partial charge in [0.1, 0.15) is 11.5 Å². The molecule has 1 amide bonds. The molecule has 1 N–H and O–H groups in total. The number of rotatable bonds is 9. The highest BCUT2D eigenvalue weighted by molar-refractivity contribution is 8.00. The van der Waals surface area contributed by atoms with Gasteiger partial charge >= 0.3 is 0 Å². The fourth-order valence-electron chi connectivity index (χ4n) is 2.30. The van der Waals surface area contributed by atoms with Crippen LogP contribution < -0.4 is 24.3 Å². The van der Waals surface area contributed by atoms with Crippen molar-refractivity contribution in [3.63, 3.8) is 0 Å². The van der Waals surface area contributed by atoms with Crippen LogP contribution in [0.25, 0.3) is 0 Å². The summed E-state index contributed by atoms with van der Waals surface area (Å²) in [5.74, 6) is 2.84. The Kier molecular flexibility index (Phi) is 7.47. The molecule has 26 heavy (non-hydrogen) atoms. The van der Waals surface area contributed by atoms with Crippen molar-refractivity contribution in [1.82, 2.24) is 5.32 Å². The molecule has 0 aliphatic carbocycles. The van der Waals surface area contributed by atoms with Crippen molar-refractivity contribution in [3.8, 4) is 23.0 Å². The molecule has 0 fully saturated rings. The van der Waals surface area contributed by atoms with E-state index in [2.05, 4.69) is 5.32 Å². The van der Waals surface area contributed by atoms with E-state index in [0.717, 1.165) is 16.2 Å². The highest BCUT2D eigenvalue weighted by Gasteiger charge is 2.13. The summed E-state index contributed by atoms with van der Waals surface area (Å²) in [5, 5.41) is 2.89. The van der Waals surface area contributed by atoms with Crippen molar-refractivity contribution in [2.24, 2.45) is 0 Å². The van der Waals surface area contributed by atoms with Crippen molar-refractivity contribution in [2.75, 3.05) is 34.2 Å². The fraction of sp³-hybridized carbons (Fsp3) is 0.316. The van der Waals surface area contributed by atoms with Crippen LogP contribution in [-0.2, 0) is 11.3 Å². The van der Waals surface area contributed by atoms with Crippen molar-refractivity contribution in [3.05, 3.63) is 42.0 Å². The summed E-state index contributed by atoms with van der Waals surface area (Å²) in [5.41, 5.74) is 0.813. The predicted octanol–water partition coefficient (Wildman–Crippen LogP) is 3.13. The first-order valence-electron chi connectivity index (χ1n) is 7.93. The summed E-state index contributed by atoms with van der Waals surface area (Å²) in [6, 6.07) is 11.1. The van der Waals surface area contributed by atoms with Gasteiger partial charge in [0.2, 0.25) is 5.91 Å². The molecule has 0 heterocycles. The summed E-state index contributed by atoms with van der Waals surface area (Å²) in [7, 11) is 6.33. The van der Waals surface area contributed by atoms with E-state index in [9.17, 15) is 4.79 Å². The average molecular weight is 377 g/mol. The van der Waals surface area contributed by atoms with Gasteiger partial charge < -0.3 is 24.3 Å². The second-order valence-corrected chi connectivity index (χ2v) is 6.31. The number of methoxy groups -OCH3 is 4. The summed E-state index contributed by atoms with van der Waals surface area (Å²) in [4.78, 5) is 13.1. The summed E-state index contributed by atoms with van der Waals surface area (Å²) in [6.45, 7) is 0.339. The molecule has 0 aliphatic rings. The highest BCUT2D eigenvalue weighted by Crippen LogP contribution is 2.34. The lowest BCUT2D eigenvalue weighted by molar-refractivity contribution is -0.118. The lowest BCUT2D eigenvalue weighted by Gasteiger charge is -2.14. The second kappa shape index (κ2) is 9.82. The smallest absolute Gasteiger partial charge is 0.230 e. The maximum atomic E-state index is 12.1. The molecule has 2 rings (SSSR count). The first-order valence-corrected chi connectivity index (χ1v) is 8.92. The molecular formula is C19H23NO5S. The Morgan fingerprint density at radius 3 is 2.08 bits per heavy atom. The zero-order chi connectivity index (χ0) is 18.9. The molecule has 0 aromatic heterocycles. The van der Waals surface area contributed by atoms with Gasteiger partial charge in [0.05, 0.1) is 34.2 Å². The molecule has 0 unspecified atom stereocenters. The normalized spacial score (nSPS) is 10.2. The average Bonchev–Trinajstić information content (AvgIpc) is 2.70. The molecule has 0 atom stereocenters. The number of hydrogen-bond donors (Lipinski definition) is 1. The van der Waals surface area contributed by atoms with E-state index in [1.807, 2.05) is 24.3 Å². The van der Waals surface area contributed by atoms with E-state index in [-0.39, 0.29) is 5.91 Å². The largest absolute Gasteiger partial charge is 0.497 e. The molecule has 2 aromatic carbocycles. The first-order chi connectivity index (χ1) is 12.6. The third-order valence-electron chi connectivity index (χ3n) is 3.69. The van der Waals surface area contributed by atoms with Crippen LogP contribution in [0.1, 0.15) is 5.56 Å². The SMILES string of the molecule is COc1ccc(SCC(=O)NCc2cc(OC)c(OC)cc2OC)cc1. The summed E-state index contributed by atoms with van der Waals surface area (Å²) < 4.78 is 21.0. The molecule has 7 heteroatoms. The minimum absolute atomic E-state index is 0.0670. The molecule has 0 aliphatic heterocycles. The fourth-order valence-corrected chi connectivity index (χ4v) is 3.02. The van der Waals surface area contributed by atoms with E-state index in [0.29, 0.717) is 29.5 Å². The van der Waals surface area contributed by atoms with Crippen LogP contribution in [0.4, 0.5) is 0 Å². The molecule has 140 valence electrons.